The van der Waals surface area contributed by atoms with Crippen LogP contribution in [-0.2, 0) is 4.79 Å². The van der Waals surface area contributed by atoms with Crippen molar-refractivity contribution in [2.24, 2.45) is 11.7 Å². The molecule has 0 fully saturated rings. The zero-order chi connectivity index (χ0) is 11.8. The molecule has 1 atom stereocenters. The largest absolute Gasteiger partial charge is 0.341 e. The predicted octanol–water partition coefficient (Wildman–Crippen LogP) is 2.01. The highest BCUT2D eigenvalue weighted by Crippen LogP contribution is 2.10. The standard InChI is InChI=1S/C12H26N2O/c1-5-10(6-2)9-14(8-4)12(15)11(13)7-3/h10-11H,5-9,13H2,1-4H3/t11-/m1/s1. The summed E-state index contributed by atoms with van der Waals surface area (Å²) in [5, 5.41) is 0. The Balaban J connectivity index is 4.28. The number of nitrogens with zero attached hydrogens (tertiary/aromatic N) is 1. The lowest BCUT2D eigenvalue weighted by molar-refractivity contribution is -0.133. The highest BCUT2D eigenvalue weighted by molar-refractivity contribution is 5.81. The maximum atomic E-state index is 11.9. The molecule has 0 unspecified atom stereocenters. The second-order valence-corrected chi connectivity index (χ2v) is 4.07. The van der Waals surface area contributed by atoms with E-state index in [2.05, 4.69) is 13.8 Å². The molecule has 0 spiro atoms. The van der Waals surface area contributed by atoms with Crippen LogP contribution >= 0.6 is 0 Å². The average molecular weight is 214 g/mol. The fourth-order valence-electron chi connectivity index (χ4n) is 1.64. The van der Waals surface area contributed by atoms with Gasteiger partial charge >= 0.3 is 0 Å². The van der Waals surface area contributed by atoms with Crippen molar-refractivity contribution in [2.45, 2.75) is 53.0 Å². The van der Waals surface area contributed by atoms with Crippen LogP contribution in [0.25, 0.3) is 0 Å². The quantitative estimate of drug-likeness (QED) is 0.704. The van der Waals surface area contributed by atoms with Crippen molar-refractivity contribution >= 4 is 5.91 Å². The molecule has 0 aliphatic rings. The number of carbonyl (C=O) groups excluding carboxylic acids is 1. The SMILES string of the molecule is CCC(CC)CN(CC)C(=O)[C@H](N)CC. The fourth-order valence-corrected chi connectivity index (χ4v) is 1.64. The highest BCUT2D eigenvalue weighted by Gasteiger charge is 2.20. The molecule has 0 aliphatic heterocycles. The van der Waals surface area contributed by atoms with E-state index in [0.717, 1.165) is 32.4 Å². The molecular formula is C12H26N2O. The van der Waals surface area contributed by atoms with Gasteiger partial charge in [-0.1, -0.05) is 33.6 Å². The molecule has 0 saturated carbocycles. The lowest BCUT2D eigenvalue weighted by Crippen LogP contribution is -2.45. The molecule has 0 aliphatic carbocycles. The molecule has 3 nitrogen and oxygen atoms in total. The number of hydrogen-bond acceptors (Lipinski definition) is 2. The lowest BCUT2D eigenvalue weighted by atomic mass is 10.0. The molecule has 0 aromatic heterocycles. The molecule has 0 aromatic carbocycles. The second kappa shape index (κ2) is 7.69. The molecule has 15 heavy (non-hydrogen) atoms. The Morgan fingerprint density at radius 1 is 1.13 bits per heavy atom. The number of amides is 1. The van der Waals surface area contributed by atoms with Gasteiger partial charge in [0.05, 0.1) is 6.04 Å². The summed E-state index contributed by atoms with van der Waals surface area (Å²) < 4.78 is 0. The van der Waals surface area contributed by atoms with Gasteiger partial charge in [-0.2, -0.15) is 0 Å². The van der Waals surface area contributed by atoms with E-state index in [1.54, 1.807) is 0 Å². The number of nitrogens with two attached hydrogens (primary N) is 1. The van der Waals surface area contributed by atoms with E-state index in [4.69, 9.17) is 5.73 Å². The van der Waals surface area contributed by atoms with E-state index in [9.17, 15) is 4.79 Å². The van der Waals surface area contributed by atoms with Crippen molar-refractivity contribution in [3.05, 3.63) is 0 Å². The molecule has 0 rings (SSSR count). The van der Waals surface area contributed by atoms with Gasteiger partial charge in [0.15, 0.2) is 0 Å². The van der Waals surface area contributed by atoms with E-state index in [-0.39, 0.29) is 11.9 Å². The Bertz CT molecular complexity index is 178. The van der Waals surface area contributed by atoms with Gasteiger partial charge < -0.3 is 10.6 Å². The molecule has 0 saturated heterocycles. The van der Waals surface area contributed by atoms with Gasteiger partial charge in [0, 0.05) is 13.1 Å². The van der Waals surface area contributed by atoms with Crippen LogP contribution < -0.4 is 5.73 Å². The summed E-state index contributed by atoms with van der Waals surface area (Å²) in [6, 6.07) is -0.320. The predicted molar refractivity (Wildman–Crippen MR) is 64.6 cm³/mol. The van der Waals surface area contributed by atoms with Crippen molar-refractivity contribution < 1.29 is 4.79 Å². The van der Waals surface area contributed by atoms with Gasteiger partial charge in [0.25, 0.3) is 0 Å². The summed E-state index contributed by atoms with van der Waals surface area (Å²) in [5.41, 5.74) is 5.76. The minimum atomic E-state index is -0.320. The third kappa shape index (κ3) is 4.65. The number of likely N-dealkylation sites (N-methyl/N-ethyl adjacent to an activating group) is 1. The van der Waals surface area contributed by atoms with Crippen LogP contribution in [0.15, 0.2) is 0 Å². The van der Waals surface area contributed by atoms with Crippen LogP contribution in [0.5, 0.6) is 0 Å². The van der Waals surface area contributed by atoms with E-state index in [1.807, 2.05) is 18.7 Å². The molecule has 0 aromatic rings. The minimum absolute atomic E-state index is 0.104. The smallest absolute Gasteiger partial charge is 0.239 e. The molecule has 3 heteroatoms. The fraction of sp³-hybridized carbons (Fsp3) is 0.917. The number of hydrogen-bond donors (Lipinski definition) is 1. The summed E-state index contributed by atoms with van der Waals surface area (Å²) in [6.45, 7) is 9.94. The maximum Gasteiger partial charge on any atom is 0.239 e. The average Bonchev–Trinajstić information content (AvgIpc) is 2.29. The van der Waals surface area contributed by atoms with E-state index in [0.29, 0.717) is 5.92 Å². The molecule has 0 bridgehead atoms. The van der Waals surface area contributed by atoms with Gasteiger partial charge in [-0.05, 0) is 19.3 Å². The molecule has 1 amide bonds. The highest BCUT2D eigenvalue weighted by atomic mass is 16.2. The first-order valence-corrected chi connectivity index (χ1v) is 6.14. The Morgan fingerprint density at radius 3 is 2.00 bits per heavy atom. The van der Waals surface area contributed by atoms with Crippen molar-refractivity contribution in [3.63, 3.8) is 0 Å². The molecule has 0 heterocycles. The van der Waals surface area contributed by atoms with E-state index in [1.165, 1.54) is 0 Å². The third-order valence-corrected chi connectivity index (χ3v) is 3.08. The summed E-state index contributed by atoms with van der Waals surface area (Å²) in [4.78, 5) is 13.8. The Kier molecular flexibility index (Phi) is 7.39. The lowest BCUT2D eigenvalue weighted by Gasteiger charge is -2.27. The normalized spacial score (nSPS) is 12.9. The number of carbonyl (C=O) groups is 1. The van der Waals surface area contributed by atoms with Crippen LogP contribution in [0.1, 0.15) is 47.0 Å². The van der Waals surface area contributed by atoms with Gasteiger partial charge in [-0.3, -0.25) is 4.79 Å². The van der Waals surface area contributed by atoms with Crippen LogP contribution in [0, 0.1) is 5.92 Å². The van der Waals surface area contributed by atoms with Gasteiger partial charge in [0.2, 0.25) is 5.91 Å². The monoisotopic (exact) mass is 214 g/mol. The van der Waals surface area contributed by atoms with Crippen molar-refractivity contribution in [1.82, 2.24) is 4.90 Å². The minimum Gasteiger partial charge on any atom is -0.341 e. The second-order valence-electron chi connectivity index (χ2n) is 4.07. The summed E-state index contributed by atoms with van der Waals surface area (Å²) in [5.74, 6) is 0.713. The third-order valence-electron chi connectivity index (χ3n) is 3.08. The Morgan fingerprint density at radius 2 is 1.67 bits per heavy atom. The first kappa shape index (κ1) is 14.4. The maximum absolute atomic E-state index is 11.9. The molecular weight excluding hydrogens is 188 g/mol. The van der Waals surface area contributed by atoms with Crippen LogP contribution in [-0.4, -0.2) is 29.9 Å². The van der Waals surface area contributed by atoms with Crippen molar-refractivity contribution in [1.29, 1.82) is 0 Å². The van der Waals surface area contributed by atoms with Crippen LogP contribution in [0.3, 0.4) is 0 Å². The van der Waals surface area contributed by atoms with Gasteiger partial charge in [-0.15, -0.1) is 0 Å². The first-order chi connectivity index (χ1) is 7.10. The van der Waals surface area contributed by atoms with Crippen LogP contribution in [0.4, 0.5) is 0 Å². The zero-order valence-electron chi connectivity index (χ0n) is 10.6. The molecule has 90 valence electrons. The summed E-state index contributed by atoms with van der Waals surface area (Å²) in [6.07, 6.45) is 2.97. The van der Waals surface area contributed by atoms with Crippen molar-refractivity contribution in [3.8, 4) is 0 Å². The topological polar surface area (TPSA) is 46.3 Å². The summed E-state index contributed by atoms with van der Waals surface area (Å²) >= 11 is 0. The van der Waals surface area contributed by atoms with Gasteiger partial charge in [0.1, 0.15) is 0 Å². The molecule has 2 N–H and O–H groups in total. The number of rotatable bonds is 7. The summed E-state index contributed by atoms with van der Waals surface area (Å²) in [7, 11) is 0. The molecule has 0 radical (unpaired) electrons. The first-order valence-electron chi connectivity index (χ1n) is 6.14. The zero-order valence-corrected chi connectivity index (χ0v) is 10.6. The van der Waals surface area contributed by atoms with Crippen LogP contribution in [0.2, 0.25) is 0 Å². The van der Waals surface area contributed by atoms with E-state index < -0.39 is 0 Å². The Hall–Kier alpha value is -0.570. The van der Waals surface area contributed by atoms with Crippen molar-refractivity contribution in [2.75, 3.05) is 13.1 Å². The van der Waals surface area contributed by atoms with Gasteiger partial charge in [-0.25, -0.2) is 0 Å². The Labute approximate surface area is 94.0 Å². The van der Waals surface area contributed by atoms with E-state index >= 15 is 0 Å².